The van der Waals surface area contributed by atoms with Crippen LogP contribution in [0.5, 0.6) is 0 Å². The molecule has 0 spiro atoms. The molecular weight excluding hydrogens is 332 g/mol. The molecule has 1 N–H and O–H groups in total. The molecular formula is C19H28N4O3. The molecule has 1 aliphatic carbocycles. The Kier molecular flexibility index (Phi) is 4.98. The highest BCUT2D eigenvalue weighted by Gasteiger charge is 2.33. The van der Waals surface area contributed by atoms with Gasteiger partial charge in [-0.25, -0.2) is 0 Å². The quantitative estimate of drug-likeness (QED) is 0.866. The second kappa shape index (κ2) is 7.39. The summed E-state index contributed by atoms with van der Waals surface area (Å²) in [6.45, 7) is 2.55. The van der Waals surface area contributed by atoms with Crippen LogP contribution in [0.2, 0.25) is 0 Å². The number of likely N-dealkylation sites (tertiary alicyclic amines) is 1. The molecule has 1 saturated carbocycles. The summed E-state index contributed by atoms with van der Waals surface area (Å²) < 4.78 is 5.49. The van der Waals surface area contributed by atoms with E-state index in [0.29, 0.717) is 32.2 Å². The zero-order valence-electron chi connectivity index (χ0n) is 15.4. The number of carbonyl (C=O) groups excluding carboxylic acids is 2. The maximum atomic E-state index is 12.8. The Bertz CT molecular complexity index is 655. The first-order valence-corrected chi connectivity index (χ1v) is 9.81. The van der Waals surface area contributed by atoms with E-state index < -0.39 is 0 Å². The molecule has 142 valence electrons. The fourth-order valence-corrected chi connectivity index (χ4v) is 4.02. The molecule has 2 saturated heterocycles. The van der Waals surface area contributed by atoms with E-state index in [1.807, 2.05) is 11.9 Å². The van der Waals surface area contributed by atoms with Crippen molar-refractivity contribution in [1.82, 2.24) is 20.0 Å². The molecule has 2 amide bonds. The molecule has 4 rings (SSSR count). The average Bonchev–Trinajstić information content (AvgIpc) is 3.17. The van der Waals surface area contributed by atoms with E-state index in [1.165, 1.54) is 12.8 Å². The smallest absolute Gasteiger partial charge is 0.251 e. The molecule has 3 aliphatic rings. The Labute approximate surface area is 154 Å². The highest BCUT2D eigenvalue weighted by atomic mass is 16.5. The number of carbonyl (C=O) groups is 2. The molecule has 7 nitrogen and oxygen atoms in total. The van der Waals surface area contributed by atoms with Crippen LogP contribution in [0, 0.1) is 5.92 Å². The van der Waals surface area contributed by atoms with Crippen molar-refractivity contribution in [3.8, 4) is 0 Å². The lowest BCUT2D eigenvalue weighted by Crippen LogP contribution is -2.46. The van der Waals surface area contributed by atoms with Crippen molar-refractivity contribution in [2.24, 2.45) is 5.92 Å². The Morgan fingerprint density at radius 3 is 2.69 bits per heavy atom. The van der Waals surface area contributed by atoms with Gasteiger partial charge in [-0.05, 0) is 44.6 Å². The number of aromatic amines is 1. The summed E-state index contributed by atoms with van der Waals surface area (Å²) in [5.74, 6) is 0.884. The first-order chi connectivity index (χ1) is 12.6. The van der Waals surface area contributed by atoms with Crippen LogP contribution in [-0.2, 0) is 20.9 Å². The molecule has 0 aromatic carbocycles. The van der Waals surface area contributed by atoms with Gasteiger partial charge in [0.15, 0.2) is 0 Å². The molecule has 26 heavy (non-hydrogen) atoms. The van der Waals surface area contributed by atoms with Crippen molar-refractivity contribution in [2.45, 2.75) is 57.1 Å². The zero-order valence-corrected chi connectivity index (χ0v) is 15.4. The summed E-state index contributed by atoms with van der Waals surface area (Å²) in [7, 11) is 1.85. The summed E-state index contributed by atoms with van der Waals surface area (Å²) >= 11 is 0. The van der Waals surface area contributed by atoms with E-state index in [4.69, 9.17) is 4.74 Å². The molecule has 1 aromatic rings. The highest BCUT2D eigenvalue weighted by molar-refractivity contribution is 5.82. The van der Waals surface area contributed by atoms with Gasteiger partial charge in [0.05, 0.1) is 17.9 Å². The summed E-state index contributed by atoms with van der Waals surface area (Å²) in [4.78, 5) is 28.8. The van der Waals surface area contributed by atoms with Gasteiger partial charge in [0, 0.05) is 38.6 Å². The Balaban J connectivity index is 1.26. The summed E-state index contributed by atoms with van der Waals surface area (Å²) in [5.41, 5.74) is 2.12. The van der Waals surface area contributed by atoms with E-state index in [2.05, 4.69) is 16.3 Å². The Morgan fingerprint density at radius 1 is 1.27 bits per heavy atom. The van der Waals surface area contributed by atoms with E-state index >= 15 is 0 Å². The number of amides is 2. The van der Waals surface area contributed by atoms with Crippen molar-refractivity contribution in [3.63, 3.8) is 0 Å². The highest BCUT2D eigenvalue weighted by Crippen LogP contribution is 2.39. The third kappa shape index (κ3) is 3.77. The van der Waals surface area contributed by atoms with Crippen LogP contribution < -0.4 is 0 Å². The molecule has 2 aliphatic heterocycles. The zero-order chi connectivity index (χ0) is 18.1. The topological polar surface area (TPSA) is 78.5 Å². The first-order valence-electron chi connectivity index (χ1n) is 9.81. The molecule has 0 unspecified atom stereocenters. The number of rotatable bonds is 5. The SMILES string of the molecule is CN(Cc1cc(C2CC2)n[nH]1)C(=O)C1CCN(C(=O)[C@H]2CCCO2)CC1. The number of aromatic nitrogens is 2. The van der Waals surface area contributed by atoms with Gasteiger partial charge >= 0.3 is 0 Å². The van der Waals surface area contributed by atoms with Gasteiger partial charge in [-0.15, -0.1) is 0 Å². The third-order valence-corrected chi connectivity index (χ3v) is 5.79. The molecule has 3 heterocycles. The second-order valence-corrected chi connectivity index (χ2v) is 7.89. The molecule has 0 bridgehead atoms. The maximum Gasteiger partial charge on any atom is 0.251 e. The lowest BCUT2D eigenvalue weighted by Gasteiger charge is -2.34. The maximum absolute atomic E-state index is 12.8. The number of piperidine rings is 1. The van der Waals surface area contributed by atoms with Gasteiger partial charge in [0.2, 0.25) is 5.91 Å². The first kappa shape index (κ1) is 17.5. The molecule has 1 aromatic heterocycles. The molecule has 7 heteroatoms. The minimum Gasteiger partial charge on any atom is -0.368 e. The predicted octanol–water partition coefficient (Wildman–Crippen LogP) is 1.66. The van der Waals surface area contributed by atoms with Crippen molar-refractivity contribution in [2.75, 3.05) is 26.7 Å². The van der Waals surface area contributed by atoms with Crippen molar-refractivity contribution >= 4 is 11.8 Å². The Morgan fingerprint density at radius 2 is 2.04 bits per heavy atom. The lowest BCUT2D eigenvalue weighted by atomic mass is 9.95. The number of nitrogens with one attached hydrogen (secondary N) is 1. The monoisotopic (exact) mass is 360 g/mol. The van der Waals surface area contributed by atoms with Crippen molar-refractivity contribution in [3.05, 3.63) is 17.5 Å². The summed E-state index contributed by atoms with van der Waals surface area (Å²) in [5, 5.41) is 7.41. The minimum atomic E-state index is -0.258. The minimum absolute atomic E-state index is 0.000583. The van der Waals surface area contributed by atoms with Crippen LogP contribution in [0.4, 0.5) is 0 Å². The summed E-state index contributed by atoms with van der Waals surface area (Å²) in [6, 6.07) is 2.09. The van der Waals surface area contributed by atoms with Crippen LogP contribution in [-0.4, -0.2) is 64.7 Å². The van der Waals surface area contributed by atoms with E-state index in [0.717, 1.165) is 37.1 Å². The normalized spacial score (nSPS) is 24.0. The van der Waals surface area contributed by atoms with Crippen LogP contribution in [0.15, 0.2) is 6.07 Å². The number of nitrogens with zero attached hydrogens (tertiary/aromatic N) is 3. The lowest BCUT2D eigenvalue weighted by molar-refractivity contribution is -0.145. The van der Waals surface area contributed by atoms with Gasteiger partial charge < -0.3 is 14.5 Å². The number of ether oxygens (including phenoxy) is 1. The number of hydrogen-bond acceptors (Lipinski definition) is 4. The molecule has 1 atom stereocenters. The largest absolute Gasteiger partial charge is 0.368 e. The standard InChI is InChI=1S/C19H28N4O3/c1-22(12-15-11-16(21-20-15)13-4-5-13)18(24)14-6-8-23(9-7-14)19(25)17-3-2-10-26-17/h11,13-14,17H,2-10,12H2,1H3,(H,20,21)/t17-/m1/s1. The fourth-order valence-electron chi connectivity index (χ4n) is 4.02. The van der Waals surface area contributed by atoms with E-state index in [9.17, 15) is 9.59 Å². The van der Waals surface area contributed by atoms with Gasteiger partial charge in [0.1, 0.15) is 6.10 Å². The van der Waals surface area contributed by atoms with Gasteiger partial charge in [-0.2, -0.15) is 5.10 Å². The van der Waals surface area contributed by atoms with Gasteiger partial charge in [-0.3, -0.25) is 14.7 Å². The van der Waals surface area contributed by atoms with Gasteiger partial charge in [0.25, 0.3) is 5.91 Å². The van der Waals surface area contributed by atoms with E-state index in [-0.39, 0.29) is 23.8 Å². The van der Waals surface area contributed by atoms with Gasteiger partial charge in [-0.1, -0.05) is 0 Å². The Hall–Kier alpha value is -1.89. The third-order valence-electron chi connectivity index (χ3n) is 5.79. The van der Waals surface area contributed by atoms with Crippen LogP contribution >= 0.6 is 0 Å². The van der Waals surface area contributed by atoms with Crippen LogP contribution in [0.25, 0.3) is 0 Å². The van der Waals surface area contributed by atoms with Crippen LogP contribution in [0.3, 0.4) is 0 Å². The van der Waals surface area contributed by atoms with Crippen molar-refractivity contribution < 1.29 is 14.3 Å². The van der Waals surface area contributed by atoms with Crippen molar-refractivity contribution in [1.29, 1.82) is 0 Å². The van der Waals surface area contributed by atoms with Crippen LogP contribution in [0.1, 0.15) is 55.8 Å². The van der Waals surface area contributed by atoms with E-state index in [1.54, 1.807) is 4.90 Å². The predicted molar refractivity (Wildman–Crippen MR) is 95.3 cm³/mol. The fraction of sp³-hybridized carbons (Fsp3) is 0.737. The molecule has 3 fully saturated rings. The second-order valence-electron chi connectivity index (χ2n) is 7.89. The number of hydrogen-bond donors (Lipinski definition) is 1. The molecule has 0 radical (unpaired) electrons. The number of H-pyrrole nitrogens is 1. The summed E-state index contributed by atoms with van der Waals surface area (Å²) in [6.07, 6.45) is 5.45. The average molecular weight is 360 g/mol.